The van der Waals surface area contributed by atoms with Crippen LogP contribution in [0.15, 0.2) is 36.5 Å². The molecule has 0 saturated carbocycles. The number of hydrogen-bond acceptors (Lipinski definition) is 2. The zero-order chi connectivity index (χ0) is 12.3. The van der Waals surface area contributed by atoms with E-state index in [1.54, 1.807) is 17.8 Å². The minimum atomic E-state index is -0.423. The highest BCUT2D eigenvalue weighted by molar-refractivity contribution is 5.93. The summed E-state index contributed by atoms with van der Waals surface area (Å²) in [6.07, 6.45) is 2.60. The minimum absolute atomic E-state index is 0.423. The van der Waals surface area contributed by atoms with Gasteiger partial charge in [0, 0.05) is 12.7 Å². The second kappa shape index (κ2) is 4.82. The van der Waals surface area contributed by atoms with Gasteiger partial charge in [0.05, 0.1) is 11.3 Å². The van der Waals surface area contributed by atoms with Crippen molar-refractivity contribution in [3.05, 3.63) is 53.3 Å². The Hall–Kier alpha value is -2.10. The first-order chi connectivity index (χ1) is 8.16. The first-order valence-electron chi connectivity index (χ1n) is 5.54. The van der Waals surface area contributed by atoms with E-state index in [9.17, 15) is 4.79 Å². The Kier molecular flexibility index (Phi) is 3.23. The summed E-state index contributed by atoms with van der Waals surface area (Å²) in [4.78, 5) is 11.1. The summed E-state index contributed by atoms with van der Waals surface area (Å²) in [5.41, 5.74) is 7.68. The van der Waals surface area contributed by atoms with Gasteiger partial charge in [0.15, 0.2) is 0 Å². The summed E-state index contributed by atoms with van der Waals surface area (Å²) in [6.45, 7) is 2.54. The Labute approximate surface area is 100 Å². The zero-order valence-electron chi connectivity index (χ0n) is 9.76. The lowest BCUT2D eigenvalue weighted by atomic mass is 10.1. The summed E-state index contributed by atoms with van der Waals surface area (Å²) in [5, 5.41) is 4.26. The summed E-state index contributed by atoms with van der Waals surface area (Å²) in [7, 11) is 0. The lowest BCUT2D eigenvalue weighted by Crippen LogP contribution is -2.11. The summed E-state index contributed by atoms with van der Waals surface area (Å²) >= 11 is 0. The minimum Gasteiger partial charge on any atom is -0.365 e. The van der Waals surface area contributed by atoms with Crippen LogP contribution in [0.1, 0.15) is 21.6 Å². The number of primary amides is 1. The number of nitrogens with zero attached hydrogens (tertiary/aromatic N) is 2. The van der Waals surface area contributed by atoms with Crippen molar-refractivity contribution in [3.63, 3.8) is 0 Å². The maximum Gasteiger partial charge on any atom is 0.252 e. The Balaban J connectivity index is 2.05. The SMILES string of the molecule is Cc1nn(CCc2ccccc2)cc1C(N)=O. The third kappa shape index (κ3) is 2.72. The van der Waals surface area contributed by atoms with Crippen LogP contribution in [0, 0.1) is 6.92 Å². The van der Waals surface area contributed by atoms with E-state index in [1.165, 1.54) is 5.56 Å². The number of aryl methyl sites for hydroxylation is 3. The van der Waals surface area contributed by atoms with Crippen LogP contribution in [0.25, 0.3) is 0 Å². The smallest absolute Gasteiger partial charge is 0.252 e. The molecule has 88 valence electrons. The molecular weight excluding hydrogens is 214 g/mol. The van der Waals surface area contributed by atoms with Crippen LogP contribution in [0.4, 0.5) is 0 Å². The molecule has 0 spiro atoms. The van der Waals surface area contributed by atoms with Crippen molar-refractivity contribution in [1.82, 2.24) is 9.78 Å². The number of amides is 1. The molecule has 0 radical (unpaired) electrons. The van der Waals surface area contributed by atoms with E-state index in [1.807, 2.05) is 18.2 Å². The van der Waals surface area contributed by atoms with E-state index in [-0.39, 0.29) is 0 Å². The number of aromatic nitrogens is 2. The number of rotatable bonds is 4. The van der Waals surface area contributed by atoms with Crippen molar-refractivity contribution in [2.75, 3.05) is 0 Å². The number of benzene rings is 1. The first kappa shape index (κ1) is 11.4. The molecule has 2 rings (SSSR count). The molecule has 0 unspecified atom stereocenters. The normalized spacial score (nSPS) is 10.4. The molecule has 0 atom stereocenters. The van der Waals surface area contributed by atoms with Gasteiger partial charge in [-0.25, -0.2) is 0 Å². The van der Waals surface area contributed by atoms with Crippen LogP contribution in [0.3, 0.4) is 0 Å². The molecule has 0 aliphatic rings. The fourth-order valence-electron chi connectivity index (χ4n) is 1.76. The van der Waals surface area contributed by atoms with Crippen LogP contribution < -0.4 is 5.73 Å². The molecule has 17 heavy (non-hydrogen) atoms. The van der Waals surface area contributed by atoms with Crippen LogP contribution >= 0.6 is 0 Å². The van der Waals surface area contributed by atoms with Gasteiger partial charge in [0.25, 0.3) is 5.91 Å². The molecule has 0 saturated heterocycles. The van der Waals surface area contributed by atoms with Gasteiger partial charge in [0.1, 0.15) is 0 Å². The summed E-state index contributed by atoms with van der Waals surface area (Å²) < 4.78 is 1.77. The topological polar surface area (TPSA) is 60.9 Å². The molecule has 0 fully saturated rings. The lowest BCUT2D eigenvalue weighted by molar-refractivity contribution is 0.0999. The highest BCUT2D eigenvalue weighted by Gasteiger charge is 2.09. The number of carbonyl (C=O) groups is 1. The molecule has 4 nitrogen and oxygen atoms in total. The van der Waals surface area contributed by atoms with Crippen molar-refractivity contribution in [2.45, 2.75) is 19.9 Å². The fraction of sp³-hybridized carbons (Fsp3) is 0.231. The van der Waals surface area contributed by atoms with E-state index in [0.717, 1.165) is 13.0 Å². The third-order valence-electron chi connectivity index (χ3n) is 2.68. The van der Waals surface area contributed by atoms with Gasteiger partial charge in [-0.05, 0) is 18.9 Å². The predicted molar refractivity (Wildman–Crippen MR) is 65.6 cm³/mol. The maximum absolute atomic E-state index is 11.1. The van der Waals surface area contributed by atoms with Crippen LogP contribution in [-0.4, -0.2) is 15.7 Å². The quantitative estimate of drug-likeness (QED) is 0.864. The van der Waals surface area contributed by atoms with Crippen molar-refractivity contribution >= 4 is 5.91 Å². The molecule has 1 amide bonds. The second-order valence-electron chi connectivity index (χ2n) is 3.99. The highest BCUT2D eigenvalue weighted by Crippen LogP contribution is 2.06. The van der Waals surface area contributed by atoms with Gasteiger partial charge in [0.2, 0.25) is 0 Å². The van der Waals surface area contributed by atoms with Gasteiger partial charge in [-0.15, -0.1) is 0 Å². The molecule has 2 aromatic rings. The molecule has 0 aliphatic carbocycles. The van der Waals surface area contributed by atoms with Crippen molar-refractivity contribution in [3.8, 4) is 0 Å². The van der Waals surface area contributed by atoms with E-state index < -0.39 is 5.91 Å². The Morgan fingerprint density at radius 1 is 1.35 bits per heavy atom. The van der Waals surface area contributed by atoms with Crippen molar-refractivity contribution in [1.29, 1.82) is 0 Å². The molecule has 0 aliphatic heterocycles. The van der Waals surface area contributed by atoms with Gasteiger partial charge in [-0.3, -0.25) is 9.48 Å². The average Bonchev–Trinajstić information content (AvgIpc) is 2.69. The fourth-order valence-corrected chi connectivity index (χ4v) is 1.76. The van der Waals surface area contributed by atoms with Gasteiger partial charge < -0.3 is 5.73 Å². The molecule has 1 aromatic carbocycles. The molecule has 4 heteroatoms. The van der Waals surface area contributed by atoms with Crippen LogP contribution in [-0.2, 0) is 13.0 Å². The predicted octanol–water partition coefficient (Wildman–Crippen LogP) is 1.53. The molecule has 1 aromatic heterocycles. The maximum atomic E-state index is 11.1. The number of carbonyl (C=O) groups excluding carboxylic acids is 1. The Bertz CT molecular complexity index is 517. The standard InChI is InChI=1S/C13H15N3O/c1-10-12(13(14)17)9-16(15-10)8-7-11-5-3-2-4-6-11/h2-6,9H,7-8H2,1H3,(H2,14,17). The van der Waals surface area contributed by atoms with E-state index in [0.29, 0.717) is 11.3 Å². The summed E-state index contributed by atoms with van der Waals surface area (Å²) in [5.74, 6) is -0.423. The lowest BCUT2D eigenvalue weighted by Gasteiger charge is -2.01. The average molecular weight is 229 g/mol. The first-order valence-corrected chi connectivity index (χ1v) is 5.54. The van der Waals surface area contributed by atoms with Gasteiger partial charge in [-0.1, -0.05) is 30.3 Å². The monoisotopic (exact) mass is 229 g/mol. The number of nitrogens with two attached hydrogens (primary N) is 1. The Morgan fingerprint density at radius 2 is 2.06 bits per heavy atom. The van der Waals surface area contributed by atoms with E-state index in [2.05, 4.69) is 17.2 Å². The van der Waals surface area contributed by atoms with E-state index >= 15 is 0 Å². The molecule has 2 N–H and O–H groups in total. The summed E-state index contributed by atoms with van der Waals surface area (Å²) in [6, 6.07) is 10.2. The van der Waals surface area contributed by atoms with Crippen molar-refractivity contribution in [2.24, 2.45) is 5.73 Å². The Morgan fingerprint density at radius 3 is 2.65 bits per heavy atom. The number of hydrogen-bond donors (Lipinski definition) is 1. The van der Waals surface area contributed by atoms with E-state index in [4.69, 9.17) is 5.73 Å². The highest BCUT2D eigenvalue weighted by atomic mass is 16.1. The third-order valence-corrected chi connectivity index (χ3v) is 2.68. The zero-order valence-corrected chi connectivity index (χ0v) is 9.76. The largest absolute Gasteiger partial charge is 0.365 e. The van der Waals surface area contributed by atoms with Gasteiger partial charge in [-0.2, -0.15) is 5.10 Å². The molecular formula is C13H15N3O. The molecule has 0 bridgehead atoms. The van der Waals surface area contributed by atoms with Crippen LogP contribution in [0.5, 0.6) is 0 Å². The molecule has 1 heterocycles. The van der Waals surface area contributed by atoms with Crippen LogP contribution in [0.2, 0.25) is 0 Å². The van der Waals surface area contributed by atoms with Crippen molar-refractivity contribution < 1.29 is 4.79 Å². The second-order valence-corrected chi connectivity index (χ2v) is 3.99. The van der Waals surface area contributed by atoms with Gasteiger partial charge >= 0.3 is 0 Å².